The molecule has 3 rings (SSSR count). The number of nitrogens with two attached hydrogens (primary N) is 1. The fourth-order valence-electron chi connectivity index (χ4n) is 2.48. The standard InChI is InChI=1S/C20H23N3O/c1-14(2)11-12-24-16-9-7-15(8-10-16)19-13-20(23-22-19)17-5-3-4-6-18(17)21/h3-10,13-14H,11-12,21H2,1-2H3,(H,22,23). The van der Waals surface area contributed by atoms with Crippen molar-refractivity contribution in [2.24, 2.45) is 5.92 Å². The molecule has 0 radical (unpaired) electrons. The molecule has 3 aromatic rings. The average molecular weight is 321 g/mol. The summed E-state index contributed by atoms with van der Waals surface area (Å²) in [5, 5.41) is 7.46. The molecule has 0 fully saturated rings. The van der Waals surface area contributed by atoms with Crippen molar-refractivity contribution in [3.05, 3.63) is 54.6 Å². The van der Waals surface area contributed by atoms with Gasteiger partial charge in [0.25, 0.3) is 0 Å². The van der Waals surface area contributed by atoms with E-state index in [0.717, 1.165) is 47.0 Å². The van der Waals surface area contributed by atoms with E-state index >= 15 is 0 Å². The Hall–Kier alpha value is -2.75. The fourth-order valence-corrected chi connectivity index (χ4v) is 2.48. The molecule has 0 amide bonds. The summed E-state index contributed by atoms with van der Waals surface area (Å²) in [4.78, 5) is 0. The Labute approximate surface area is 142 Å². The number of hydrogen-bond acceptors (Lipinski definition) is 3. The molecule has 0 unspecified atom stereocenters. The maximum absolute atomic E-state index is 6.02. The van der Waals surface area contributed by atoms with E-state index in [1.165, 1.54) is 0 Å². The average Bonchev–Trinajstić information content (AvgIpc) is 3.05. The van der Waals surface area contributed by atoms with Gasteiger partial charge in [0.2, 0.25) is 0 Å². The summed E-state index contributed by atoms with van der Waals surface area (Å²) in [6.07, 6.45) is 1.06. The van der Waals surface area contributed by atoms with Crippen molar-refractivity contribution in [2.45, 2.75) is 20.3 Å². The third kappa shape index (κ3) is 3.77. The number of anilines is 1. The number of ether oxygens (including phenoxy) is 1. The minimum atomic E-state index is 0.650. The minimum absolute atomic E-state index is 0.650. The van der Waals surface area contributed by atoms with Crippen LogP contribution in [0.1, 0.15) is 20.3 Å². The van der Waals surface area contributed by atoms with Crippen molar-refractivity contribution in [3.63, 3.8) is 0 Å². The van der Waals surface area contributed by atoms with Gasteiger partial charge in [-0.15, -0.1) is 0 Å². The summed E-state index contributed by atoms with van der Waals surface area (Å²) in [6.45, 7) is 5.14. The lowest BCUT2D eigenvalue weighted by Gasteiger charge is -2.08. The zero-order chi connectivity index (χ0) is 16.9. The molecule has 1 aromatic heterocycles. The molecule has 124 valence electrons. The van der Waals surface area contributed by atoms with Crippen LogP contribution in [0.3, 0.4) is 0 Å². The quantitative estimate of drug-likeness (QED) is 0.644. The largest absolute Gasteiger partial charge is 0.494 e. The molecule has 0 bridgehead atoms. The lowest BCUT2D eigenvalue weighted by Crippen LogP contribution is -2.01. The van der Waals surface area contributed by atoms with Crippen molar-refractivity contribution < 1.29 is 4.74 Å². The number of hydrogen-bond donors (Lipinski definition) is 2. The van der Waals surface area contributed by atoms with Gasteiger partial charge in [-0.1, -0.05) is 32.0 Å². The SMILES string of the molecule is CC(C)CCOc1ccc(-c2cc(-c3ccccc3N)[nH]n2)cc1. The normalized spacial score (nSPS) is 11.0. The molecule has 0 atom stereocenters. The van der Waals surface area contributed by atoms with Gasteiger partial charge in [0.15, 0.2) is 0 Å². The predicted molar refractivity (Wildman–Crippen MR) is 98.8 cm³/mol. The van der Waals surface area contributed by atoms with Gasteiger partial charge >= 0.3 is 0 Å². The van der Waals surface area contributed by atoms with Crippen molar-refractivity contribution in [1.29, 1.82) is 0 Å². The van der Waals surface area contributed by atoms with Crippen LogP contribution >= 0.6 is 0 Å². The monoisotopic (exact) mass is 321 g/mol. The molecule has 4 nitrogen and oxygen atoms in total. The van der Waals surface area contributed by atoms with Crippen molar-refractivity contribution in [3.8, 4) is 28.3 Å². The minimum Gasteiger partial charge on any atom is -0.494 e. The lowest BCUT2D eigenvalue weighted by molar-refractivity contribution is 0.289. The molecule has 0 aliphatic carbocycles. The zero-order valence-electron chi connectivity index (χ0n) is 14.1. The third-order valence-corrected chi connectivity index (χ3v) is 3.94. The molecule has 4 heteroatoms. The number of aromatic amines is 1. The van der Waals surface area contributed by atoms with E-state index in [2.05, 4.69) is 24.0 Å². The molecule has 0 aliphatic heterocycles. The number of rotatable bonds is 6. The number of H-pyrrole nitrogens is 1. The second-order valence-corrected chi connectivity index (χ2v) is 6.31. The van der Waals surface area contributed by atoms with E-state index < -0.39 is 0 Å². The number of benzene rings is 2. The van der Waals surface area contributed by atoms with Gasteiger partial charge in [-0.3, -0.25) is 5.10 Å². The maximum atomic E-state index is 6.02. The van der Waals surface area contributed by atoms with Gasteiger partial charge in [-0.05, 0) is 48.7 Å². The highest BCUT2D eigenvalue weighted by Crippen LogP contribution is 2.28. The van der Waals surface area contributed by atoms with Crippen LogP contribution in [-0.2, 0) is 0 Å². The van der Waals surface area contributed by atoms with Gasteiger partial charge in [-0.2, -0.15) is 5.10 Å². The Balaban J connectivity index is 1.72. The van der Waals surface area contributed by atoms with Gasteiger partial charge in [0.1, 0.15) is 5.75 Å². The van der Waals surface area contributed by atoms with E-state index in [1.807, 2.05) is 54.6 Å². The summed E-state index contributed by atoms with van der Waals surface area (Å²) in [6, 6.07) is 17.8. The highest BCUT2D eigenvalue weighted by atomic mass is 16.5. The van der Waals surface area contributed by atoms with Crippen LogP contribution in [0.4, 0.5) is 5.69 Å². The van der Waals surface area contributed by atoms with E-state index in [1.54, 1.807) is 0 Å². The van der Waals surface area contributed by atoms with Crippen LogP contribution in [0.5, 0.6) is 5.75 Å². The van der Waals surface area contributed by atoms with Crippen LogP contribution in [0.2, 0.25) is 0 Å². The molecular weight excluding hydrogens is 298 g/mol. The third-order valence-electron chi connectivity index (χ3n) is 3.94. The van der Waals surface area contributed by atoms with E-state index in [9.17, 15) is 0 Å². The molecule has 1 heterocycles. The molecule has 0 aliphatic rings. The van der Waals surface area contributed by atoms with Gasteiger partial charge in [-0.25, -0.2) is 0 Å². The zero-order valence-corrected chi connectivity index (χ0v) is 14.1. The highest BCUT2D eigenvalue weighted by molar-refractivity contribution is 5.76. The van der Waals surface area contributed by atoms with Crippen LogP contribution in [0, 0.1) is 5.92 Å². The van der Waals surface area contributed by atoms with Crippen LogP contribution in [0.25, 0.3) is 22.5 Å². The van der Waals surface area contributed by atoms with E-state index in [4.69, 9.17) is 10.5 Å². The van der Waals surface area contributed by atoms with E-state index in [0.29, 0.717) is 5.92 Å². The summed E-state index contributed by atoms with van der Waals surface area (Å²) in [7, 11) is 0. The summed E-state index contributed by atoms with van der Waals surface area (Å²) >= 11 is 0. The number of para-hydroxylation sites is 1. The second-order valence-electron chi connectivity index (χ2n) is 6.31. The number of nitrogens with one attached hydrogen (secondary N) is 1. The molecule has 0 saturated carbocycles. The number of nitrogens with zero attached hydrogens (tertiary/aromatic N) is 1. The highest BCUT2D eigenvalue weighted by Gasteiger charge is 2.08. The smallest absolute Gasteiger partial charge is 0.119 e. The Morgan fingerprint density at radius 2 is 1.83 bits per heavy atom. The Morgan fingerprint density at radius 3 is 2.54 bits per heavy atom. The predicted octanol–water partition coefficient (Wildman–Crippen LogP) is 4.75. The van der Waals surface area contributed by atoms with Crippen molar-refractivity contribution in [2.75, 3.05) is 12.3 Å². The lowest BCUT2D eigenvalue weighted by atomic mass is 10.1. The fraction of sp³-hybridized carbons (Fsp3) is 0.250. The Morgan fingerprint density at radius 1 is 1.08 bits per heavy atom. The van der Waals surface area contributed by atoms with Gasteiger partial charge in [0.05, 0.1) is 18.0 Å². The number of aromatic nitrogens is 2. The number of nitrogen functional groups attached to an aromatic ring is 1. The summed E-state index contributed by atoms with van der Waals surface area (Å²) in [5.74, 6) is 1.54. The molecule has 2 aromatic carbocycles. The van der Waals surface area contributed by atoms with Crippen molar-refractivity contribution in [1.82, 2.24) is 10.2 Å². The van der Waals surface area contributed by atoms with Crippen LogP contribution < -0.4 is 10.5 Å². The van der Waals surface area contributed by atoms with Gasteiger partial charge in [0, 0.05) is 16.8 Å². The molecule has 24 heavy (non-hydrogen) atoms. The first kappa shape index (κ1) is 16.1. The Bertz CT molecular complexity index is 791. The molecule has 0 spiro atoms. The summed E-state index contributed by atoms with van der Waals surface area (Å²) < 4.78 is 5.75. The molecule has 0 saturated heterocycles. The maximum Gasteiger partial charge on any atom is 0.119 e. The first-order chi connectivity index (χ1) is 11.6. The first-order valence-electron chi connectivity index (χ1n) is 8.27. The molecular formula is C20H23N3O. The topological polar surface area (TPSA) is 63.9 Å². The summed E-state index contributed by atoms with van der Waals surface area (Å²) in [5.41, 5.74) is 10.6. The van der Waals surface area contributed by atoms with Gasteiger partial charge < -0.3 is 10.5 Å². The Kier molecular flexibility index (Phi) is 4.85. The van der Waals surface area contributed by atoms with Crippen LogP contribution in [0.15, 0.2) is 54.6 Å². The van der Waals surface area contributed by atoms with Crippen molar-refractivity contribution >= 4 is 5.69 Å². The first-order valence-corrected chi connectivity index (χ1v) is 8.27. The van der Waals surface area contributed by atoms with Crippen LogP contribution in [-0.4, -0.2) is 16.8 Å². The second kappa shape index (κ2) is 7.21. The van der Waals surface area contributed by atoms with E-state index in [-0.39, 0.29) is 0 Å². The molecule has 3 N–H and O–H groups in total.